The van der Waals surface area contributed by atoms with Crippen LogP contribution in [0.5, 0.6) is 0 Å². The second kappa shape index (κ2) is 17.0. The Morgan fingerprint density at radius 1 is 0.962 bits per heavy atom. The molecule has 1 saturated heterocycles. The number of aromatic nitrogens is 3. The predicted molar refractivity (Wildman–Crippen MR) is 209 cm³/mol. The minimum atomic E-state index is -0.915. The van der Waals surface area contributed by atoms with Crippen LogP contribution in [-0.2, 0) is 9.47 Å². The number of rotatable bonds is 7. The third kappa shape index (κ3) is 10.5. The van der Waals surface area contributed by atoms with Crippen LogP contribution in [0.4, 0.5) is 31.2 Å². The number of piperidine rings is 1. The summed E-state index contributed by atoms with van der Waals surface area (Å²) >= 11 is 1.28. The smallest absolute Gasteiger partial charge is 0.420 e. The second-order valence-electron chi connectivity index (χ2n) is 15.0. The highest BCUT2D eigenvalue weighted by Crippen LogP contribution is 2.39. The molecule has 1 N–H and O–H groups in total. The SMILES string of the molecule is CC.Cc1ccc(C(=O)Nc2cccc(N(C(=O)OC(C)(C)C)c3c(F)c(SC4CCN(C(=O)OC(C)(C)C)CC4)nc4c(C(C)C)cnn34)c2)cc1. The average Bonchev–Trinajstić information content (AvgIpc) is 3.50. The lowest BCUT2D eigenvalue weighted by atomic mass is 10.1. The van der Waals surface area contributed by atoms with E-state index in [0.717, 1.165) is 16.0 Å². The van der Waals surface area contributed by atoms with Crippen LogP contribution >= 0.6 is 11.8 Å². The molecule has 1 aliphatic heterocycles. The normalized spacial score (nSPS) is 13.7. The molecule has 13 heteroatoms. The van der Waals surface area contributed by atoms with Crippen LogP contribution in [0.1, 0.15) is 109 Å². The zero-order valence-corrected chi connectivity index (χ0v) is 33.6. The van der Waals surface area contributed by atoms with Crippen molar-refractivity contribution < 1.29 is 28.2 Å². The molecular weight excluding hydrogens is 696 g/mol. The number of fused-ring (bicyclic) bond motifs is 1. The van der Waals surface area contributed by atoms with Crippen molar-refractivity contribution in [2.24, 2.45) is 0 Å². The van der Waals surface area contributed by atoms with Crippen LogP contribution < -0.4 is 10.2 Å². The number of nitrogens with zero attached hydrogens (tertiary/aromatic N) is 5. The molecule has 3 heterocycles. The van der Waals surface area contributed by atoms with Crippen molar-refractivity contribution in [1.82, 2.24) is 19.5 Å². The van der Waals surface area contributed by atoms with Gasteiger partial charge < -0.3 is 19.7 Å². The number of anilines is 3. The zero-order valence-electron chi connectivity index (χ0n) is 32.7. The second-order valence-corrected chi connectivity index (χ2v) is 16.3. The number of ether oxygens (including phenoxy) is 2. The summed E-state index contributed by atoms with van der Waals surface area (Å²) in [6, 6.07) is 13.8. The van der Waals surface area contributed by atoms with E-state index in [4.69, 9.17) is 14.5 Å². The monoisotopic (exact) mass is 748 g/mol. The zero-order chi connectivity index (χ0) is 39.2. The fraction of sp³-hybridized carbons (Fsp3) is 0.475. The summed E-state index contributed by atoms with van der Waals surface area (Å²) in [6.45, 7) is 21.5. The quantitative estimate of drug-likeness (QED) is 0.186. The van der Waals surface area contributed by atoms with Gasteiger partial charge in [-0.15, -0.1) is 0 Å². The molecule has 0 radical (unpaired) electrons. The third-order valence-electron chi connectivity index (χ3n) is 8.02. The summed E-state index contributed by atoms with van der Waals surface area (Å²) in [5, 5.41) is 7.45. The van der Waals surface area contributed by atoms with Gasteiger partial charge in [0, 0.05) is 35.2 Å². The van der Waals surface area contributed by atoms with Gasteiger partial charge in [0.25, 0.3) is 5.91 Å². The fourth-order valence-electron chi connectivity index (χ4n) is 5.53. The van der Waals surface area contributed by atoms with Crippen molar-refractivity contribution in [2.45, 2.75) is 116 Å². The molecule has 0 spiro atoms. The topological polar surface area (TPSA) is 118 Å². The number of thioether (sulfide) groups is 1. The summed E-state index contributed by atoms with van der Waals surface area (Å²) in [5.41, 5.74) is 1.81. The largest absolute Gasteiger partial charge is 0.444 e. The van der Waals surface area contributed by atoms with Crippen molar-refractivity contribution in [3.63, 3.8) is 0 Å². The Morgan fingerprint density at radius 2 is 1.58 bits per heavy atom. The first-order valence-electron chi connectivity index (χ1n) is 18.1. The molecule has 1 fully saturated rings. The van der Waals surface area contributed by atoms with Crippen LogP contribution in [0.3, 0.4) is 0 Å². The van der Waals surface area contributed by atoms with Gasteiger partial charge in [-0.2, -0.15) is 14.0 Å². The Hall–Kier alpha value is -4.65. The van der Waals surface area contributed by atoms with E-state index < -0.39 is 23.1 Å². The van der Waals surface area contributed by atoms with E-state index in [1.165, 1.54) is 16.3 Å². The molecule has 11 nitrogen and oxygen atoms in total. The molecule has 286 valence electrons. The number of amides is 3. The molecule has 0 atom stereocenters. The van der Waals surface area contributed by atoms with E-state index in [0.29, 0.717) is 42.8 Å². The summed E-state index contributed by atoms with van der Waals surface area (Å²) in [6.07, 6.45) is 1.62. The Balaban J connectivity index is 0.00000308. The predicted octanol–water partition coefficient (Wildman–Crippen LogP) is 10.1. The van der Waals surface area contributed by atoms with E-state index in [1.54, 1.807) is 68.3 Å². The highest BCUT2D eigenvalue weighted by molar-refractivity contribution is 7.99. The third-order valence-corrected chi connectivity index (χ3v) is 9.32. The lowest BCUT2D eigenvalue weighted by molar-refractivity contribution is 0.0218. The average molecular weight is 749 g/mol. The molecule has 0 unspecified atom stereocenters. The van der Waals surface area contributed by atoms with Crippen LogP contribution in [0.2, 0.25) is 0 Å². The first-order valence-corrected chi connectivity index (χ1v) is 19.0. The minimum Gasteiger partial charge on any atom is -0.444 e. The van der Waals surface area contributed by atoms with Gasteiger partial charge in [0.15, 0.2) is 17.3 Å². The molecule has 0 bridgehead atoms. The van der Waals surface area contributed by atoms with Crippen molar-refractivity contribution in [1.29, 1.82) is 0 Å². The number of carbonyl (C=O) groups excluding carboxylic acids is 3. The van der Waals surface area contributed by atoms with Gasteiger partial charge >= 0.3 is 12.2 Å². The Labute approximate surface area is 316 Å². The molecule has 4 aromatic rings. The highest BCUT2D eigenvalue weighted by Gasteiger charge is 2.34. The van der Waals surface area contributed by atoms with Crippen molar-refractivity contribution in [3.05, 3.63) is 77.2 Å². The van der Waals surface area contributed by atoms with Gasteiger partial charge in [0.2, 0.25) is 0 Å². The number of hydrogen-bond donors (Lipinski definition) is 1. The minimum absolute atomic E-state index is 0.00137. The number of benzene rings is 2. The number of carbonyl (C=O) groups is 3. The fourth-order valence-corrected chi connectivity index (χ4v) is 6.62. The number of nitrogens with one attached hydrogen (secondary N) is 1. The van der Waals surface area contributed by atoms with E-state index >= 15 is 4.39 Å². The van der Waals surface area contributed by atoms with Gasteiger partial charge in [0.05, 0.1) is 11.9 Å². The molecule has 0 aliphatic carbocycles. The number of halogens is 1. The first kappa shape index (κ1) is 41.1. The maximum atomic E-state index is 17.1. The molecule has 53 heavy (non-hydrogen) atoms. The van der Waals surface area contributed by atoms with Gasteiger partial charge in [-0.3, -0.25) is 4.79 Å². The summed E-state index contributed by atoms with van der Waals surface area (Å²) in [5.74, 6) is -1.26. The highest BCUT2D eigenvalue weighted by atomic mass is 32.2. The van der Waals surface area contributed by atoms with Gasteiger partial charge in [-0.05, 0) is 97.6 Å². The van der Waals surface area contributed by atoms with Crippen LogP contribution in [0, 0.1) is 12.7 Å². The lowest BCUT2D eigenvalue weighted by Crippen LogP contribution is -2.42. The van der Waals surface area contributed by atoms with E-state index in [-0.39, 0.29) is 39.7 Å². The molecule has 2 aromatic heterocycles. The molecule has 3 amide bonds. The number of hydrogen-bond acceptors (Lipinski definition) is 8. The molecule has 2 aromatic carbocycles. The van der Waals surface area contributed by atoms with Crippen LogP contribution in [-0.4, -0.2) is 67.1 Å². The first-order chi connectivity index (χ1) is 24.9. The van der Waals surface area contributed by atoms with Gasteiger partial charge in [-0.1, -0.05) is 63.2 Å². The van der Waals surface area contributed by atoms with Gasteiger partial charge in [-0.25, -0.2) is 19.5 Å². The van der Waals surface area contributed by atoms with Crippen molar-refractivity contribution in [3.8, 4) is 0 Å². The maximum absolute atomic E-state index is 17.1. The van der Waals surface area contributed by atoms with E-state index in [9.17, 15) is 14.4 Å². The summed E-state index contributed by atoms with van der Waals surface area (Å²) in [7, 11) is 0. The Kier molecular flexibility index (Phi) is 13.2. The maximum Gasteiger partial charge on any atom is 0.420 e. The lowest BCUT2D eigenvalue weighted by Gasteiger charge is -2.33. The number of likely N-dealkylation sites (tertiary alicyclic amines) is 1. The summed E-state index contributed by atoms with van der Waals surface area (Å²) in [4.78, 5) is 47.5. The molecule has 1 aliphatic rings. The molecule has 5 rings (SSSR count). The van der Waals surface area contributed by atoms with Crippen LogP contribution in [0.25, 0.3) is 5.65 Å². The van der Waals surface area contributed by atoms with Crippen LogP contribution in [0.15, 0.2) is 59.8 Å². The number of aryl methyl sites for hydroxylation is 1. The molecule has 0 saturated carbocycles. The van der Waals surface area contributed by atoms with E-state index in [2.05, 4.69) is 10.4 Å². The standard InChI is InChI=1S/C38H47FN6O5S.C2H6/c1-23(2)29-22-40-45-31(29)42-33(51-28-17-19-43(20-18-28)35(47)49-37(4,5)6)30(39)34(45)44(36(48)50-38(7,8)9)27-12-10-11-26(21-27)41-32(46)25-15-13-24(3)14-16-25;1-2/h10-16,21-23,28H,17-20H2,1-9H3,(H,41,46);1-2H3. The van der Waals surface area contributed by atoms with Crippen molar-refractivity contribution in [2.75, 3.05) is 23.3 Å². The Bertz CT molecular complexity index is 1910. The summed E-state index contributed by atoms with van der Waals surface area (Å²) < 4.78 is 29.8. The van der Waals surface area contributed by atoms with Crippen molar-refractivity contribution >= 4 is 52.7 Å². The van der Waals surface area contributed by atoms with E-state index in [1.807, 2.05) is 67.5 Å². The molecular formula is C40H53FN6O5S. The Morgan fingerprint density at radius 3 is 2.17 bits per heavy atom. The van der Waals surface area contributed by atoms with Gasteiger partial charge in [0.1, 0.15) is 16.2 Å².